The van der Waals surface area contributed by atoms with Crippen LogP contribution in [0.15, 0.2) is 48.5 Å². The highest BCUT2D eigenvalue weighted by molar-refractivity contribution is 6.32. The predicted octanol–water partition coefficient (Wildman–Crippen LogP) is 5.13. The molecule has 1 heterocycles. The van der Waals surface area contributed by atoms with Crippen LogP contribution in [-0.4, -0.2) is 15.9 Å². The summed E-state index contributed by atoms with van der Waals surface area (Å²) in [7, 11) is 0. The number of fused-ring (bicyclic) bond motifs is 1. The molecule has 1 amide bonds. The molecule has 2 aromatic carbocycles. The number of H-pyrrole nitrogens is 1. The first-order chi connectivity index (χ1) is 12.7. The molecule has 1 atom stereocenters. The number of rotatable bonds is 4. The number of imidazole rings is 1. The first-order valence-corrected chi connectivity index (χ1v) is 8.42. The van der Waals surface area contributed by atoms with Crippen LogP contribution in [0.5, 0.6) is 0 Å². The summed E-state index contributed by atoms with van der Waals surface area (Å²) < 4.78 is 38.4. The molecule has 0 radical (unpaired) electrons. The Hall–Kier alpha value is -2.80. The van der Waals surface area contributed by atoms with Gasteiger partial charge in [0.05, 0.1) is 22.6 Å². The fraction of sp³-hybridized carbons (Fsp3) is 0.158. The van der Waals surface area contributed by atoms with Crippen LogP contribution < -0.4 is 5.32 Å². The zero-order chi connectivity index (χ0) is 19.6. The van der Waals surface area contributed by atoms with Gasteiger partial charge in [0, 0.05) is 11.1 Å². The second kappa shape index (κ2) is 7.44. The summed E-state index contributed by atoms with van der Waals surface area (Å²) in [6.07, 6.45) is -2.09. The number of aromatic amines is 1. The highest BCUT2D eigenvalue weighted by atomic mass is 35.5. The summed E-state index contributed by atoms with van der Waals surface area (Å²) in [5.74, 6) is 0.103. The van der Waals surface area contributed by atoms with Crippen molar-refractivity contribution in [1.82, 2.24) is 15.3 Å². The van der Waals surface area contributed by atoms with Gasteiger partial charge in [-0.1, -0.05) is 23.7 Å². The van der Waals surface area contributed by atoms with Crippen molar-refractivity contribution >= 4 is 34.6 Å². The number of carbonyl (C=O) groups is 1. The van der Waals surface area contributed by atoms with E-state index in [1.807, 2.05) is 24.3 Å². The summed E-state index contributed by atoms with van der Waals surface area (Å²) in [5, 5.41) is 2.83. The maximum Gasteiger partial charge on any atom is 0.416 e. The topological polar surface area (TPSA) is 57.8 Å². The van der Waals surface area contributed by atoms with Crippen molar-refractivity contribution < 1.29 is 18.0 Å². The Morgan fingerprint density at radius 1 is 1.26 bits per heavy atom. The molecule has 0 saturated carbocycles. The van der Waals surface area contributed by atoms with Crippen LogP contribution in [-0.2, 0) is 11.0 Å². The Labute approximate surface area is 158 Å². The highest BCUT2D eigenvalue weighted by Gasteiger charge is 2.30. The third kappa shape index (κ3) is 4.49. The molecule has 27 heavy (non-hydrogen) atoms. The largest absolute Gasteiger partial charge is 0.416 e. The smallest absolute Gasteiger partial charge is 0.343 e. The van der Waals surface area contributed by atoms with Gasteiger partial charge in [-0.3, -0.25) is 4.79 Å². The van der Waals surface area contributed by atoms with Crippen molar-refractivity contribution in [2.24, 2.45) is 0 Å². The molecule has 4 nitrogen and oxygen atoms in total. The second-order valence-corrected chi connectivity index (χ2v) is 6.34. The van der Waals surface area contributed by atoms with Crippen LogP contribution in [0.3, 0.4) is 0 Å². The van der Waals surface area contributed by atoms with E-state index in [0.29, 0.717) is 5.82 Å². The van der Waals surface area contributed by atoms with E-state index in [4.69, 9.17) is 11.6 Å². The molecule has 3 aromatic rings. The standard InChI is InChI=1S/C19H15ClF3N3O/c1-11(18-25-15-4-2-3-5-16(15)26-18)24-17(27)9-6-12-10-13(19(21,22)23)7-8-14(12)20/h2-11H,1H3,(H,24,27)(H,25,26)/b9-6-/t11-/m1/s1. The van der Waals surface area contributed by atoms with Gasteiger partial charge in [0.2, 0.25) is 5.91 Å². The van der Waals surface area contributed by atoms with Gasteiger partial charge in [-0.15, -0.1) is 0 Å². The number of carbonyl (C=O) groups excluding carboxylic acids is 1. The molecule has 0 aliphatic rings. The van der Waals surface area contributed by atoms with E-state index in [1.165, 1.54) is 6.08 Å². The van der Waals surface area contributed by atoms with Crippen molar-refractivity contribution in [2.75, 3.05) is 0 Å². The van der Waals surface area contributed by atoms with Crippen LogP contribution in [0.2, 0.25) is 5.02 Å². The number of para-hydroxylation sites is 2. The Morgan fingerprint density at radius 2 is 2.00 bits per heavy atom. The van der Waals surface area contributed by atoms with Crippen LogP contribution in [0.25, 0.3) is 17.1 Å². The minimum absolute atomic E-state index is 0.109. The zero-order valence-electron chi connectivity index (χ0n) is 14.1. The van der Waals surface area contributed by atoms with Gasteiger partial charge in [0.15, 0.2) is 0 Å². The molecule has 0 fully saturated rings. The minimum atomic E-state index is -4.48. The number of nitrogens with one attached hydrogen (secondary N) is 2. The van der Waals surface area contributed by atoms with Gasteiger partial charge in [-0.2, -0.15) is 13.2 Å². The van der Waals surface area contributed by atoms with E-state index >= 15 is 0 Å². The zero-order valence-corrected chi connectivity index (χ0v) is 14.9. The van der Waals surface area contributed by atoms with Crippen LogP contribution in [0.4, 0.5) is 13.2 Å². The predicted molar refractivity (Wildman–Crippen MR) is 98.1 cm³/mol. The van der Waals surface area contributed by atoms with E-state index in [-0.39, 0.29) is 10.6 Å². The molecule has 3 rings (SSSR count). The Bertz CT molecular complexity index is 978. The summed E-state index contributed by atoms with van der Waals surface area (Å²) in [4.78, 5) is 19.6. The van der Waals surface area contributed by atoms with E-state index < -0.39 is 23.7 Å². The van der Waals surface area contributed by atoms with Gasteiger partial charge in [-0.05, 0) is 48.9 Å². The van der Waals surface area contributed by atoms with Crippen molar-refractivity contribution in [3.63, 3.8) is 0 Å². The number of amides is 1. The summed E-state index contributed by atoms with van der Waals surface area (Å²) in [6.45, 7) is 1.75. The number of aromatic nitrogens is 2. The molecule has 1 aromatic heterocycles. The van der Waals surface area contributed by atoms with Crippen molar-refractivity contribution in [1.29, 1.82) is 0 Å². The molecule has 0 aliphatic heterocycles. The summed E-state index contributed by atoms with van der Waals surface area (Å²) in [5.41, 5.74) is 0.903. The fourth-order valence-electron chi connectivity index (χ4n) is 2.52. The number of alkyl halides is 3. The van der Waals surface area contributed by atoms with Gasteiger partial charge in [-0.25, -0.2) is 4.98 Å². The van der Waals surface area contributed by atoms with E-state index in [0.717, 1.165) is 35.3 Å². The molecular weight excluding hydrogens is 379 g/mol. The average Bonchev–Trinajstić information content (AvgIpc) is 3.04. The molecule has 0 saturated heterocycles. The molecule has 0 unspecified atom stereocenters. The minimum Gasteiger partial charge on any atom is -0.343 e. The molecule has 140 valence electrons. The Kier molecular flexibility index (Phi) is 5.23. The quantitative estimate of drug-likeness (QED) is 0.604. The van der Waals surface area contributed by atoms with Crippen molar-refractivity contribution in [3.8, 4) is 0 Å². The van der Waals surface area contributed by atoms with Gasteiger partial charge in [0.1, 0.15) is 5.82 Å². The number of hydrogen-bond acceptors (Lipinski definition) is 2. The lowest BCUT2D eigenvalue weighted by Crippen LogP contribution is -2.25. The second-order valence-electron chi connectivity index (χ2n) is 5.94. The Balaban J connectivity index is 1.71. The summed E-state index contributed by atoms with van der Waals surface area (Å²) in [6, 6.07) is 9.98. The maximum atomic E-state index is 12.8. The first kappa shape index (κ1) is 19.0. The number of hydrogen-bond donors (Lipinski definition) is 2. The van der Waals surface area contributed by atoms with E-state index in [2.05, 4.69) is 15.3 Å². The number of halogens is 4. The molecule has 0 spiro atoms. The highest BCUT2D eigenvalue weighted by Crippen LogP contribution is 2.32. The lowest BCUT2D eigenvalue weighted by molar-refractivity contribution is -0.137. The number of benzene rings is 2. The third-order valence-corrected chi connectivity index (χ3v) is 4.26. The molecule has 0 bridgehead atoms. The third-order valence-electron chi connectivity index (χ3n) is 3.91. The summed E-state index contributed by atoms with van der Waals surface area (Å²) >= 11 is 5.91. The molecule has 0 aliphatic carbocycles. The van der Waals surface area contributed by atoms with Crippen LogP contribution >= 0.6 is 11.6 Å². The monoisotopic (exact) mass is 393 g/mol. The fourth-order valence-corrected chi connectivity index (χ4v) is 2.70. The van der Waals surface area contributed by atoms with Gasteiger partial charge < -0.3 is 10.3 Å². The van der Waals surface area contributed by atoms with Gasteiger partial charge in [0.25, 0.3) is 0 Å². The van der Waals surface area contributed by atoms with Crippen LogP contribution in [0, 0.1) is 0 Å². The SMILES string of the molecule is C[C@@H](NC(=O)/C=C\c1cc(C(F)(F)F)ccc1Cl)c1nc2ccccc2[nH]1. The average molecular weight is 394 g/mol. The normalized spacial score (nSPS) is 13.2. The number of nitrogens with zero attached hydrogens (tertiary/aromatic N) is 1. The molecule has 8 heteroatoms. The molecule has 2 N–H and O–H groups in total. The lowest BCUT2D eigenvalue weighted by atomic mass is 10.1. The maximum absolute atomic E-state index is 12.8. The van der Waals surface area contributed by atoms with E-state index in [1.54, 1.807) is 6.92 Å². The van der Waals surface area contributed by atoms with E-state index in [9.17, 15) is 18.0 Å². The van der Waals surface area contributed by atoms with Crippen LogP contribution in [0.1, 0.15) is 29.9 Å². The lowest BCUT2D eigenvalue weighted by Gasteiger charge is -2.10. The van der Waals surface area contributed by atoms with Gasteiger partial charge >= 0.3 is 6.18 Å². The first-order valence-electron chi connectivity index (χ1n) is 8.04. The molecular formula is C19H15ClF3N3O. The Morgan fingerprint density at radius 3 is 2.70 bits per heavy atom. The van der Waals surface area contributed by atoms with Crippen molar-refractivity contribution in [2.45, 2.75) is 19.1 Å². The van der Waals surface area contributed by atoms with Crippen molar-refractivity contribution in [3.05, 3.63) is 70.5 Å².